The van der Waals surface area contributed by atoms with Crippen molar-refractivity contribution in [2.24, 2.45) is 0 Å². The van der Waals surface area contributed by atoms with Gasteiger partial charge < -0.3 is 4.74 Å². The molecule has 1 aromatic rings. The van der Waals surface area contributed by atoms with E-state index in [1.54, 1.807) is 6.07 Å². The molecule has 0 aliphatic carbocycles. The molecule has 1 aromatic carbocycles. The molecule has 1 aliphatic rings. The summed E-state index contributed by atoms with van der Waals surface area (Å²) in [6.45, 7) is 0.659. The first kappa shape index (κ1) is 7.68. The maximum absolute atomic E-state index is 12.2. The summed E-state index contributed by atoms with van der Waals surface area (Å²) in [5.74, 6) is 0. The van der Waals surface area contributed by atoms with Gasteiger partial charge in [-0.3, -0.25) is 0 Å². The van der Waals surface area contributed by atoms with Crippen molar-refractivity contribution < 1.29 is 13.5 Å². The van der Waals surface area contributed by atoms with Crippen LogP contribution in [0.15, 0.2) is 24.3 Å². The summed E-state index contributed by atoms with van der Waals surface area (Å²) >= 11 is 0. The van der Waals surface area contributed by atoms with E-state index in [2.05, 4.69) is 0 Å². The number of rotatable bonds is 2. The van der Waals surface area contributed by atoms with E-state index in [0.717, 1.165) is 5.56 Å². The SMILES string of the molecule is FC(F)c1cccc(C2CO2)c1. The fourth-order valence-corrected chi connectivity index (χ4v) is 1.14. The fourth-order valence-electron chi connectivity index (χ4n) is 1.14. The molecule has 1 fully saturated rings. The predicted molar refractivity (Wildman–Crippen MR) is 40.1 cm³/mol. The first-order valence-corrected chi connectivity index (χ1v) is 3.77. The van der Waals surface area contributed by atoms with Gasteiger partial charge in [-0.05, 0) is 11.6 Å². The molecule has 64 valence electrons. The van der Waals surface area contributed by atoms with Gasteiger partial charge in [0.25, 0.3) is 6.43 Å². The summed E-state index contributed by atoms with van der Waals surface area (Å²) in [7, 11) is 0. The summed E-state index contributed by atoms with van der Waals surface area (Å²) in [6, 6.07) is 6.38. The molecule has 3 heteroatoms. The molecular formula is C9H8F2O. The monoisotopic (exact) mass is 170 g/mol. The molecule has 2 rings (SSSR count). The van der Waals surface area contributed by atoms with Crippen molar-refractivity contribution in [3.05, 3.63) is 35.4 Å². The lowest BCUT2D eigenvalue weighted by molar-refractivity contribution is 0.151. The molecule has 1 nitrogen and oxygen atoms in total. The van der Waals surface area contributed by atoms with Crippen molar-refractivity contribution >= 4 is 0 Å². The van der Waals surface area contributed by atoms with E-state index in [1.165, 1.54) is 12.1 Å². The second kappa shape index (κ2) is 2.83. The number of hydrogen-bond donors (Lipinski definition) is 0. The maximum atomic E-state index is 12.2. The van der Waals surface area contributed by atoms with Gasteiger partial charge in [0, 0.05) is 5.56 Å². The molecule has 1 unspecified atom stereocenters. The largest absolute Gasteiger partial charge is 0.368 e. The molecule has 0 radical (unpaired) electrons. The quantitative estimate of drug-likeness (QED) is 0.621. The highest BCUT2D eigenvalue weighted by molar-refractivity contribution is 5.27. The van der Waals surface area contributed by atoms with E-state index >= 15 is 0 Å². The molecule has 0 spiro atoms. The Morgan fingerprint density at radius 3 is 2.75 bits per heavy atom. The van der Waals surface area contributed by atoms with Crippen LogP contribution < -0.4 is 0 Å². The molecule has 1 aliphatic heterocycles. The zero-order valence-electron chi connectivity index (χ0n) is 6.34. The lowest BCUT2D eigenvalue weighted by Gasteiger charge is -2.00. The molecule has 0 bridgehead atoms. The Morgan fingerprint density at radius 2 is 2.17 bits per heavy atom. The summed E-state index contributed by atoms with van der Waals surface area (Å²) in [5.41, 5.74) is 0.927. The van der Waals surface area contributed by atoms with Crippen molar-refractivity contribution in [2.45, 2.75) is 12.5 Å². The Labute approximate surface area is 69.0 Å². The van der Waals surface area contributed by atoms with Gasteiger partial charge in [0.2, 0.25) is 0 Å². The summed E-state index contributed by atoms with van der Waals surface area (Å²) < 4.78 is 29.4. The summed E-state index contributed by atoms with van der Waals surface area (Å²) in [4.78, 5) is 0. The topological polar surface area (TPSA) is 12.5 Å². The van der Waals surface area contributed by atoms with Gasteiger partial charge in [0.1, 0.15) is 6.10 Å². The highest BCUT2D eigenvalue weighted by Gasteiger charge is 2.25. The number of alkyl halides is 2. The van der Waals surface area contributed by atoms with Crippen LogP contribution in [0.5, 0.6) is 0 Å². The van der Waals surface area contributed by atoms with Crippen LogP contribution in [0.2, 0.25) is 0 Å². The van der Waals surface area contributed by atoms with Gasteiger partial charge in [0.15, 0.2) is 0 Å². The minimum atomic E-state index is -2.39. The van der Waals surface area contributed by atoms with Crippen molar-refractivity contribution in [1.29, 1.82) is 0 Å². The molecule has 0 N–H and O–H groups in total. The molecular weight excluding hydrogens is 162 g/mol. The Hall–Kier alpha value is -0.960. The first-order valence-electron chi connectivity index (χ1n) is 3.77. The van der Waals surface area contributed by atoms with E-state index in [4.69, 9.17) is 4.74 Å². The van der Waals surface area contributed by atoms with Gasteiger partial charge in [-0.25, -0.2) is 8.78 Å². The zero-order chi connectivity index (χ0) is 8.55. The van der Waals surface area contributed by atoms with E-state index in [9.17, 15) is 8.78 Å². The normalized spacial score (nSPS) is 21.4. The second-order valence-electron chi connectivity index (χ2n) is 2.79. The number of benzene rings is 1. The molecule has 0 aromatic heterocycles. The van der Waals surface area contributed by atoms with E-state index in [0.29, 0.717) is 6.61 Å². The van der Waals surface area contributed by atoms with E-state index in [1.807, 2.05) is 6.07 Å². The molecule has 1 saturated heterocycles. The number of ether oxygens (including phenoxy) is 1. The average molecular weight is 170 g/mol. The van der Waals surface area contributed by atoms with Crippen LogP contribution in [0.3, 0.4) is 0 Å². The third-order valence-electron chi connectivity index (χ3n) is 1.87. The Bertz CT molecular complexity index is 264. The highest BCUT2D eigenvalue weighted by Crippen LogP contribution is 2.31. The van der Waals surface area contributed by atoms with Gasteiger partial charge >= 0.3 is 0 Å². The van der Waals surface area contributed by atoms with Crippen LogP contribution in [0.4, 0.5) is 8.78 Å². The molecule has 12 heavy (non-hydrogen) atoms. The molecule has 1 heterocycles. The first-order chi connectivity index (χ1) is 5.77. The second-order valence-corrected chi connectivity index (χ2v) is 2.79. The summed E-state index contributed by atoms with van der Waals surface area (Å²) in [6.07, 6.45) is -2.33. The molecule has 0 amide bonds. The van der Waals surface area contributed by atoms with Gasteiger partial charge in [-0.1, -0.05) is 18.2 Å². The Balaban J connectivity index is 2.26. The van der Waals surface area contributed by atoms with Gasteiger partial charge in [-0.2, -0.15) is 0 Å². The van der Waals surface area contributed by atoms with Crippen molar-refractivity contribution in [2.75, 3.05) is 6.61 Å². The lowest BCUT2D eigenvalue weighted by Crippen LogP contribution is -1.86. The van der Waals surface area contributed by atoms with Crippen LogP contribution in [-0.2, 0) is 4.74 Å². The maximum Gasteiger partial charge on any atom is 0.263 e. The summed E-state index contributed by atoms with van der Waals surface area (Å²) in [5, 5.41) is 0. The van der Waals surface area contributed by atoms with Crippen molar-refractivity contribution in [1.82, 2.24) is 0 Å². The lowest BCUT2D eigenvalue weighted by atomic mass is 10.1. The van der Waals surface area contributed by atoms with Crippen LogP contribution in [0, 0.1) is 0 Å². The van der Waals surface area contributed by atoms with Crippen LogP contribution >= 0.6 is 0 Å². The number of epoxide rings is 1. The van der Waals surface area contributed by atoms with E-state index < -0.39 is 6.43 Å². The smallest absolute Gasteiger partial charge is 0.263 e. The van der Waals surface area contributed by atoms with Gasteiger partial charge in [-0.15, -0.1) is 0 Å². The third kappa shape index (κ3) is 1.46. The molecule has 1 atom stereocenters. The van der Waals surface area contributed by atoms with Gasteiger partial charge in [0.05, 0.1) is 6.61 Å². The standard InChI is InChI=1S/C9H8F2O/c10-9(11)7-3-1-2-6(4-7)8-5-12-8/h1-4,8-9H,5H2. The van der Waals surface area contributed by atoms with Crippen LogP contribution in [-0.4, -0.2) is 6.61 Å². The van der Waals surface area contributed by atoms with Crippen molar-refractivity contribution in [3.63, 3.8) is 0 Å². The Morgan fingerprint density at radius 1 is 1.42 bits per heavy atom. The molecule has 0 saturated carbocycles. The minimum Gasteiger partial charge on any atom is -0.368 e. The number of halogens is 2. The number of hydrogen-bond acceptors (Lipinski definition) is 1. The predicted octanol–water partition coefficient (Wildman–Crippen LogP) is 2.70. The van der Waals surface area contributed by atoms with Crippen molar-refractivity contribution in [3.8, 4) is 0 Å². The third-order valence-corrected chi connectivity index (χ3v) is 1.87. The fraction of sp³-hybridized carbons (Fsp3) is 0.333. The van der Waals surface area contributed by atoms with Crippen LogP contribution in [0.1, 0.15) is 23.7 Å². The average Bonchev–Trinajstić information content (AvgIpc) is 2.87. The minimum absolute atomic E-state index is 0.0590. The highest BCUT2D eigenvalue weighted by atomic mass is 19.3. The van der Waals surface area contributed by atoms with Crippen LogP contribution in [0.25, 0.3) is 0 Å². The Kier molecular flexibility index (Phi) is 1.81. The van der Waals surface area contributed by atoms with E-state index in [-0.39, 0.29) is 11.7 Å². The zero-order valence-corrected chi connectivity index (χ0v) is 6.34.